The molecule has 0 bridgehead atoms. The van der Waals surface area contributed by atoms with Crippen LogP contribution in [0.2, 0.25) is 0 Å². The minimum Gasteiger partial charge on any atom is -0.166 e. The highest BCUT2D eigenvalue weighted by Gasteiger charge is 2.50. The molecule has 0 heterocycles. The molecule has 0 aliphatic heterocycles. The van der Waals surface area contributed by atoms with Gasteiger partial charge in [-0.05, 0) is 13.0 Å². The summed E-state index contributed by atoms with van der Waals surface area (Å²) in [6.07, 6.45) is -9.69. The predicted octanol–water partition coefficient (Wildman–Crippen LogP) is 2.86. The number of rotatable bonds is 0. The maximum atomic E-state index is 11.4. The first kappa shape index (κ1) is 10.3. The van der Waals surface area contributed by atoms with Crippen LogP contribution < -0.4 is 0 Å². The van der Waals surface area contributed by atoms with Gasteiger partial charge in [-0.25, -0.2) is 0 Å². The molecular formula is C5H3F6. The fraction of sp³-hybridized carbons (Fsp3) is 0.600. The zero-order valence-corrected chi connectivity index (χ0v) is 5.27. The highest BCUT2D eigenvalue weighted by atomic mass is 19.4. The Morgan fingerprint density at radius 2 is 1.18 bits per heavy atom. The zero-order valence-electron chi connectivity index (χ0n) is 5.27. The average molecular weight is 177 g/mol. The van der Waals surface area contributed by atoms with Crippen molar-refractivity contribution in [3.8, 4) is 0 Å². The van der Waals surface area contributed by atoms with Crippen molar-refractivity contribution in [2.45, 2.75) is 19.3 Å². The molecule has 1 radical (unpaired) electrons. The zero-order chi connectivity index (χ0) is 9.28. The Balaban J connectivity index is 4.74. The van der Waals surface area contributed by atoms with Gasteiger partial charge < -0.3 is 0 Å². The van der Waals surface area contributed by atoms with Gasteiger partial charge in [-0.2, -0.15) is 26.3 Å². The highest BCUT2D eigenvalue weighted by molar-refractivity contribution is 5.10. The molecule has 0 rings (SSSR count). The lowest BCUT2D eigenvalue weighted by molar-refractivity contribution is -0.172. The van der Waals surface area contributed by atoms with Crippen LogP contribution in [0, 0.1) is 6.08 Å². The number of alkyl halides is 6. The van der Waals surface area contributed by atoms with Crippen molar-refractivity contribution in [3.63, 3.8) is 0 Å². The SMILES string of the molecule is C[C]=C(C(F)(F)F)C(F)(F)F. The molecule has 0 aliphatic rings. The summed E-state index contributed by atoms with van der Waals surface area (Å²) in [7, 11) is 0. The molecular weight excluding hydrogens is 174 g/mol. The third-order valence-electron chi connectivity index (χ3n) is 0.817. The van der Waals surface area contributed by atoms with Gasteiger partial charge >= 0.3 is 12.4 Å². The standard InChI is InChI=1S/C5H3F6/c1-2-3(4(6,7)8)5(9,10)11/h1H3. The number of hydrogen-bond donors (Lipinski definition) is 0. The summed E-state index contributed by atoms with van der Waals surface area (Å²) < 4.78 is 68.4. The molecule has 0 aromatic carbocycles. The van der Waals surface area contributed by atoms with E-state index in [2.05, 4.69) is 0 Å². The number of allylic oxidation sites excluding steroid dienone is 2. The normalized spacial score (nSPS) is 13.0. The van der Waals surface area contributed by atoms with Gasteiger partial charge in [0, 0.05) is 0 Å². The Bertz CT molecular complexity index is 143. The molecule has 0 aromatic heterocycles. The van der Waals surface area contributed by atoms with Gasteiger partial charge in [0.25, 0.3) is 0 Å². The summed E-state index contributed by atoms with van der Waals surface area (Å²) in [5, 5.41) is 0. The molecule has 0 aromatic rings. The second kappa shape index (κ2) is 2.75. The van der Waals surface area contributed by atoms with E-state index in [9.17, 15) is 26.3 Å². The summed E-state index contributed by atoms with van der Waals surface area (Å²) in [6.45, 7) is 0.566. The fourth-order valence-electron chi connectivity index (χ4n) is 0.444. The first-order chi connectivity index (χ1) is 4.69. The van der Waals surface area contributed by atoms with Crippen LogP contribution in [0.1, 0.15) is 6.92 Å². The molecule has 11 heavy (non-hydrogen) atoms. The number of hydrogen-bond acceptors (Lipinski definition) is 0. The second-order valence-electron chi connectivity index (χ2n) is 1.62. The molecule has 0 aliphatic carbocycles. The van der Waals surface area contributed by atoms with Gasteiger partial charge in [0.05, 0.1) is 0 Å². The van der Waals surface area contributed by atoms with E-state index in [1.54, 1.807) is 0 Å². The monoisotopic (exact) mass is 177 g/mol. The molecule has 0 fully saturated rings. The molecule has 0 amide bonds. The average Bonchev–Trinajstić information content (AvgIpc) is 1.56. The van der Waals surface area contributed by atoms with Gasteiger partial charge in [0.1, 0.15) is 5.57 Å². The van der Waals surface area contributed by atoms with Gasteiger partial charge in [-0.3, -0.25) is 0 Å². The van der Waals surface area contributed by atoms with Crippen LogP contribution in [0.5, 0.6) is 0 Å². The first-order valence-electron chi connectivity index (χ1n) is 2.38. The molecule has 65 valence electrons. The Morgan fingerprint density at radius 1 is 0.909 bits per heavy atom. The summed E-state index contributed by atoms with van der Waals surface area (Å²) >= 11 is 0. The van der Waals surface area contributed by atoms with Crippen molar-refractivity contribution < 1.29 is 26.3 Å². The van der Waals surface area contributed by atoms with Crippen molar-refractivity contribution >= 4 is 0 Å². The van der Waals surface area contributed by atoms with E-state index in [1.807, 2.05) is 0 Å². The van der Waals surface area contributed by atoms with Crippen molar-refractivity contribution in [2.75, 3.05) is 0 Å². The Morgan fingerprint density at radius 3 is 1.18 bits per heavy atom. The Kier molecular flexibility index (Phi) is 2.58. The fourth-order valence-corrected chi connectivity index (χ4v) is 0.444. The van der Waals surface area contributed by atoms with Crippen LogP contribution in [0.3, 0.4) is 0 Å². The molecule has 0 spiro atoms. The molecule has 0 atom stereocenters. The van der Waals surface area contributed by atoms with Crippen molar-refractivity contribution in [1.29, 1.82) is 0 Å². The van der Waals surface area contributed by atoms with Crippen LogP contribution >= 0.6 is 0 Å². The van der Waals surface area contributed by atoms with Gasteiger partial charge in [0.15, 0.2) is 0 Å². The Labute approximate surface area is 58.5 Å². The van der Waals surface area contributed by atoms with E-state index in [0.29, 0.717) is 6.92 Å². The molecule has 0 unspecified atom stereocenters. The van der Waals surface area contributed by atoms with Crippen LogP contribution in [0.25, 0.3) is 0 Å². The molecule has 6 heteroatoms. The lowest BCUT2D eigenvalue weighted by atomic mass is 10.2. The maximum Gasteiger partial charge on any atom is 0.421 e. The van der Waals surface area contributed by atoms with Crippen molar-refractivity contribution in [3.05, 3.63) is 11.6 Å². The molecule has 0 saturated carbocycles. The van der Waals surface area contributed by atoms with E-state index >= 15 is 0 Å². The molecule has 0 N–H and O–H groups in total. The smallest absolute Gasteiger partial charge is 0.166 e. The summed E-state index contributed by atoms with van der Waals surface area (Å²) in [4.78, 5) is 0. The van der Waals surface area contributed by atoms with Gasteiger partial charge in [0.2, 0.25) is 0 Å². The Hall–Kier alpha value is -0.680. The topological polar surface area (TPSA) is 0 Å². The van der Waals surface area contributed by atoms with Crippen LogP contribution in [-0.2, 0) is 0 Å². The van der Waals surface area contributed by atoms with E-state index in [0.717, 1.165) is 6.08 Å². The second-order valence-corrected chi connectivity index (χ2v) is 1.62. The van der Waals surface area contributed by atoms with E-state index in [4.69, 9.17) is 0 Å². The predicted molar refractivity (Wildman–Crippen MR) is 24.5 cm³/mol. The van der Waals surface area contributed by atoms with Crippen molar-refractivity contribution in [1.82, 2.24) is 0 Å². The summed E-state index contributed by atoms with van der Waals surface area (Å²) in [5.74, 6) is 0. The van der Waals surface area contributed by atoms with Crippen LogP contribution in [0.4, 0.5) is 26.3 Å². The van der Waals surface area contributed by atoms with E-state index < -0.39 is 17.9 Å². The number of halogens is 6. The largest absolute Gasteiger partial charge is 0.421 e. The quantitative estimate of drug-likeness (QED) is 0.499. The summed E-state index contributed by atoms with van der Waals surface area (Å²) in [5.41, 5.74) is -2.59. The molecule has 0 nitrogen and oxygen atoms in total. The third kappa shape index (κ3) is 2.81. The van der Waals surface area contributed by atoms with Gasteiger partial charge in [-0.1, -0.05) is 0 Å². The van der Waals surface area contributed by atoms with Crippen LogP contribution in [0.15, 0.2) is 5.57 Å². The highest BCUT2D eigenvalue weighted by Crippen LogP contribution is 2.37. The lowest BCUT2D eigenvalue weighted by Gasteiger charge is -2.13. The lowest BCUT2D eigenvalue weighted by Crippen LogP contribution is -2.25. The maximum absolute atomic E-state index is 11.4. The van der Waals surface area contributed by atoms with Crippen molar-refractivity contribution in [2.24, 2.45) is 0 Å². The summed E-state index contributed by atoms with van der Waals surface area (Å²) in [6, 6.07) is 0. The van der Waals surface area contributed by atoms with Gasteiger partial charge in [-0.15, -0.1) is 0 Å². The third-order valence-corrected chi connectivity index (χ3v) is 0.817. The van der Waals surface area contributed by atoms with E-state index in [-0.39, 0.29) is 0 Å². The minimum atomic E-state index is -5.37. The minimum absolute atomic E-state index is 0.566. The first-order valence-corrected chi connectivity index (χ1v) is 2.38. The van der Waals surface area contributed by atoms with Crippen LogP contribution in [-0.4, -0.2) is 12.4 Å². The van der Waals surface area contributed by atoms with E-state index in [1.165, 1.54) is 0 Å². The molecule has 0 saturated heterocycles.